The van der Waals surface area contributed by atoms with Gasteiger partial charge < -0.3 is 9.64 Å². The van der Waals surface area contributed by atoms with Crippen LogP contribution in [0.1, 0.15) is 11.1 Å². The van der Waals surface area contributed by atoms with Gasteiger partial charge in [-0.2, -0.15) is 0 Å². The van der Waals surface area contributed by atoms with Crippen molar-refractivity contribution in [2.45, 2.75) is 13.5 Å². The summed E-state index contributed by atoms with van der Waals surface area (Å²) in [5.41, 5.74) is 3.59. The number of aryl methyl sites for hydroxylation is 1. The second-order valence-corrected chi connectivity index (χ2v) is 6.47. The number of aliphatic imine (C=N–C) groups is 1. The van der Waals surface area contributed by atoms with Crippen LogP contribution in [-0.4, -0.2) is 48.9 Å². The smallest absolute Gasteiger partial charge is 0.181 e. The number of piperazine rings is 1. The van der Waals surface area contributed by atoms with E-state index in [2.05, 4.69) is 51.9 Å². The van der Waals surface area contributed by atoms with E-state index in [0.717, 1.165) is 44.2 Å². The molecule has 4 heteroatoms. The van der Waals surface area contributed by atoms with Crippen LogP contribution in [0, 0.1) is 19.3 Å². The van der Waals surface area contributed by atoms with Gasteiger partial charge in [0, 0.05) is 32.7 Å². The number of rotatable bonds is 4. The van der Waals surface area contributed by atoms with E-state index < -0.39 is 0 Å². The Balaban J connectivity index is 1.61. The fraction of sp³-hybridized carbons (Fsp3) is 0.318. The van der Waals surface area contributed by atoms with Gasteiger partial charge in [-0.25, -0.2) is 4.99 Å². The lowest BCUT2D eigenvalue weighted by molar-refractivity contribution is 0.176. The zero-order valence-electron chi connectivity index (χ0n) is 15.5. The summed E-state index contributed by atoms with van der Waals surface area (Å²) in [5.74, 6) is 4.26. The van der Waals surface area contributed by atoms with E-state index in [-0.39, 0.29) is 0 Å². The average Bonchev–Trinajstić information content (AvgIpc) is 2.69. The van der Waals surface area contributed by atoms with Crippen molar-refractivity contribution in [3.8, 4) is 18.1 Å². The molecule has 0 bridgehead atoms. The van der Waals surface area contributed by atoms with Gasteiger partial charge in [0.1, 0.15) is 5.75 Å². The first-order chi connectivity index (χ1) is 12.7. The number of methoxy groups -OCH3 is 1. The van der Waals surface area contributed by atoms with Crippen LogP contribution in [-0.2, 0) is 6.54 Å². The van der Waals surface area contributed by atoms with Crippen LogP contribution in [0.4, 0.5) is 5.69 Å². The van der Waals surface area contributed by atoms with Crippen molar-refractivity contribution in [2.75, 3.05) is 33.3 Å². The maximum atomic E-state index is 5.72. The van der Waals surface area contributed by atoms with Crippen LogP contribution in [0.15, 0.2) is 53.5 Å². The molecule has 0 saturated carbocycles. The first kappa shape index (κ1) is 18.0. The summed E-state index contributed by atoms with van der Waals surface area (Å²) < 4.78 is 5.18. The number of ether oxygens (including phenoxy) is 1. The van der Waals surface area contributed by atoms with E-state index in [9.17, 15) is 0 Å². The fourth-order valence-electron chi connectivity index (χ4n) is 3.12. The van der Waals surface area contributed by atoms with Gasteiger partial charge in [0.25, 0.3) is 0 Å². The van der Waals surface area contributed by atoms with Gasteiger partial charge in [-0.05, 0) is 48.2 Å². The molecule has 0 radical (unpaired) electrons. The Hall–Kier alpha value is -2.77. The third-order valence-corrected chi connectivity index (χ3v) is 4.76. The summed E-state index contributed by atoms with van der Waals surface area (Å²) in [6, 6.07) is 16.2. The van der Waals surface area contributed by atoms with Crippen LogP contribution < -0.4 is 4.74 Å². The highest BCUT2D eigenvalue weighted by Gasteiger charge is 2.19. The lowest BCUT2D eigenvalue weighted by Crippen LogP contribution is -2.48. The van der Waals surface area contributed by atoms with Gasteiger partial charge in [0.05, 0.1) is 12.8 Å². The molecule has 1 heterocycles. The van der Waals surface area contributed by atoms with Crippen molar-refractivity contribution >= 4 is 11.5 Å². The van der Waals surface area contributed by atoms with Crippen molar-refractivity contribution in [3.05, 3.63) is 59.7 Å². The monoisotopic (exact) mass is 347 g/mol. The van der Waals surface area contributed by atoms with Crippen molar-refractivity contribution in [2.24, 2.45) is 4.99 Å². The minimum atomic E-state index is 0.700. The molecule has 3 rings (SSSR count). The molecule has 26 heavy (non-hydrogen) atoms. The molecule has 0 amide bonds. The summed E-state index contributed by atoms with van der Waals surface area (Å²) >= 11 is 0. The second kappa shape index (κ2) is 8.55. The van der Waals surface area contributed by atoms with Crippen LogP contribution in [0.5, 0.6) is 5.75 Å². The largest absolute Gasteiger partial charge is 0.497 e. The third-order valence-electron chi connectivity index (χ3n) is 4.76. The molecule has 134 valence electrons. The molecule has 0 spiro atoms. The highest BCUT2D eigenvalue weighted by atomic mass is 16.5. The first-order valence-electron chi connectivity index (χ1n) is 8.91. The topological polar surface area (TPSA) is 28.1 Å². The zero-order chi connectivity index (χ0) is 18.4. The van der Waals surface area contributed by atoms with Gasteiger partial charge in [-0.3, -0.25) is 4.90 Å². The van der Waals surface area contributed by atoms with Gasteiger partial charge in [0.15, 0.2) is 5.84 Å². The zero-order valence-corrected chi connectivity index (χ0v) is 15.5. The molecule has 0 unspecified atom stereocenters. The van der Waals surface area contributed by atoms with E-state index >= 15 is 0 Å². The number of benzene rings is 2. The molecule has 1 aliphatic heterocycles. The molecule has 1 aliphatic rings. The highest BCUT2D eigenvalue weighted by Crippen LogP contribution is 2.19. The van der Waals surface area contributed by atoms with Gasteiger partial charge in [-0.15, -0.1) is 6.42 Å². The lowest BCUT2D eigenvalue weighted by atomic mass is 10.1. The van der Waals surface area contributed by atoms with E-state index in [1.807, 2.05) is 24.3 Å². The van der Waals surface area contributed by atoms with Crippen LogP contribution in [0.3, 0.4) is 0 Å². The molecule has 0 N–H and O–H groups in total. The Bertz CT molecular complexity index is 797. The molecule has 4 nitrogen and oxygen atoms in total. The predicted molar refractivity (Wildman–Crippen MR) is 107 cm³/mol. The number of terminal acetylenes is 1. The average molecular weight is 347 g/mol. The summed E-state index contributed by atoms with van der Waals surface area (Å²) in [7, 11) is 1.65. The summed E-state index contributed by atoms with van der Waals surface area (Å²) in [4.78, 5) is 9.30. The standard InChI is InChI=1S/C22H25N3O/c1-4-22(23-20-9-11-21(26-3)12-10-20)25-15-13-24(14-16-25)17-19-8-6-5-7-18(19)2/h1,5-12H,13-17H2,2-3H3. The molecular formula is C22H25N3O. The van der Waals surface area contributed by atoms with Crippen molar-refractivity contribution in [3.63, 3.8) is 0 Å². The second-order valence-electron chi connectivity index (χ2n) is 6.47. The number of amidine groups is 1. The Kier molecular flexibility index (Phi) is 5.93. The predicted octanol–water partition coefficient (Wildman–Crippen LogP) is 3.48. The Morgan fingerprint density at radius 2 is 1.77 bits per heavy atom. The Morgan fingerprint density at radius 1 is 1.08 bits per heavy atom. The van der Waals surface area contributed by atoms with Crippen LogP contribution in [0.25, 0.3) is 0 Å². The minimum Gasteiger partial charge on any atom is -0.497 e. The molecule has 2 aromatic carbocycles. The minimum absolute atomic E-state index is 0.700. The quantitative estimate of drug-likeness (QED) is 0.481. The molecule has 0 atom stereocenters. The van der Waals surface area contributed by atoms with Gasteiger partial charge in [0.2, 0.25) is 0 Å². The highest BCUT2D eigenvalue weighted by molar-refractivity contribution is 5.99. The normalized spacial score (nSPS) is 15.6. The number of nitrogens with zero attached hydrogens (tertiary/aromatic N) is 3. The summed E-state index contributed by atoms with van der Waals surface area (Å²) in [5, 5.41) is 0. The maximum absolute atomic E-state index is 5.72. The van der Waals surface area contributed by atoms with Crippen molar-refractivity contribution in [1.29, 1.82) is 0 Å². The third kappa shape index (κ3) is 4.44. The lowest BCUT2D eigenvalue weighted by Gasteiger charge is -2.35. The molecule has 2 aromatic rings. The molecule has 0 aliphatic carbocycles. The number of hydrogen-bond acceptors (Lipinski definition) is 3. The fourth-order valence-corrected chi connectivity index (χ4v) is 3.12. The van der Waals surface area contributed by atoms with Crippen LogP contribution >= 0.6 is 0 Å². The van der Waals surface area contributed by atoms with Crippen LogP contribution in [0.2, 0.25) is 0 Å². The summed E-state index contributed by atoms with van der Waals surface area (Å²) in [6.45, 7) is 6.91. The Labute approximate surface area is 156 Å². The first-order valence-corrected chi connectivity index (χ1v) is 8.91. The van der Waals surface area contributed by atoms with E-state index in [1.54, 1.807) is 7.11 Å². The molecular weight excluding hydrogens is 322 g/mol. The summed E-state index contributed by atoms with van der Waals surface area (Å²) in [6.07, 6.45) is 5.72. The van der Waals surface area contributed by atoms with E-state index in [0.29, 0.717) is 5.84 Å². The molecule has 1 saturated heterocycles. The van der Waals surface area contributed by atoms with E-state index in [1.165, 1.54) is 11.1 Å². The molecule has 1 fully saturated rings. The maximum Gasteiger partial charge on any atom is 0.181 e. The molecule has 0 aromatic heterocycles. The van der Waals surface area contributed by atoms with Gasteiger partial charge in [-0.1, -0.05) is 24.3 Å². The Morgan fingerprint density at radius 3 is 2.38 bits per heavy atom. The van der Waals surface area contributed by atoms with Gasteiger partial charge >= 0.3 is 0 Å². The number of hydrogen-bond donors (Lipinski definition) is 0. The van der Waals surface area contributed by atoms with E-state index in [4.69, 9.17) is 11.2 Å². The van der Waals surface area contributed by atoms with Crippen molar-refractivity contribution < 1.29 is 4.74 Å². The SMILES string of the molecule is C#CC(=Nc1ccc(OC)cc1)N1CCN(Cc2ccccc2C)CC1. The van der Waals surface area contributed by atoms with Crippen molar-refractivity contribution in [1.82, 2.24) is 9.80 Å².